The Morgan fingerprint density at radius 3 is 2.72 bits per heavy atom. The van der Waals surface area contributed by atoms with Gasteiger partial charge in [-0.25, -0.2) is 4.39 Å². The molecule has 4 heteroatoms. The number of rotatable bonds is 3. The van der Waals surface area contributed by atoms with E-state index in [1.165, 1.54) is 6.07 Å². The first kappa shape index (κ1) is 12.9. The fourth-order valence-electron chi connectivity index (χ4n) is 1.66. The maximum atomic E-state index is 13.3. The molecule has 0 saturated heterocycles. The molecule has 0 heterocycles. The van der Waals surface area contributed by atoms with Crippen molar-refractivity contribution in [2.45, 2.75) is 13.5 Å². The maximum Gasteiger partial charge on any atom is 0.139 e. The number of halogens is 2. The molecule has 0 unspecified atom stereocenters. The third kappa shape index (κ3) is 3.01. The lowest BCUT2D eigenvalue weighted by molar-refractivity contribution is 0.469. The zero-order chi connectivity index (χ0) is 13.1. The molecule has 2 aromatic rings. The van der Waals surface area contributed by atoms with Crippen LogP contribution in [-0.2, 0) is 6.54 Å². The number of hydrogen-bond donors (Lipinski definition) is 2. The Hall–Kier alpha value is -1.55. The van der Waals surface area contributed by atoms with Gasteiger partial charge in [-0.2, -0.15) is 0 Å². The van der Waals surface area contributed by atoms with E-state index in [0.717, 1.165) is 11.1 Å². The number of nitrogens with one attached hydrogen (secondary N) is 1. The second-order valence-electron chi connectivity index (χ2n) is 4.11. The van der Waals surface area contributed by atoms with E-state index < -0.39 is 0 Å². The van der Waals surface area contributed by atoms with Gasteiger partial charge >= 0.3 is 0 Å². The molecular formula is C14H13BrFNO. The molecule has 18 heavy (non-hydrogen) atoms. The van der Waals surface area contributed by atoms with Crippen molar-refractivity contribution in [1.82, 2.24) is 0 Å². The van der Waals surface area contributed by atoms with Gasteiger partial charge in [0.25, 0.3) is 0 Å². The minimum absolute atomic E-state index is 0.241. The second-order valence-corrected chi connectivity index (χ2v) is 4.97. The largest absolute Gasteiger partial charge is 0.508 e. The standard InChI is InChI=1S/C14H13BrFNO/c1-9-2-5-14(18)10(6-9)8-17-11-3-4-12(15)13(16)7-11/h2-7,17-18H,8H2,1H3. The summed E-state index contributed by atoms with van der Waals surface area (Å²) in [5.74, 6) is -0.0702. The van der Waals surface area contributed by atoms with E-state index >= 15 is 0 Å². The van der Waals surface area contributed by atoms with E-state index in [1.54, 1.807) is 18.2 Å². The molecule has 0 saturated carbocycles. The predicted molar refractivity (Wildman–Crippen MR) is 74.3 cm³/mol. The maximum absolute atomic E-state index is 13.3. The number of phenolic OH excluding ortho intramolecular Hbond substituents is 1. The highest BCUT2D eigenvalue weighted by atomic mass is 79.9. The van der Waals surface area contributed by atoms with Gasteiger partial charge in [0.05, 0.1) is 4.47 Å². The van der Waals surface area contributed by atoms with Crippen LogP contribution in [0.1, 0.15) is 11.1 Å². The van der Waals surface area contributed by atoms with E-state index in [0.29, 0.717) is 16.7 Å². The second kappa shape index (κ2) is 5.40. The summed E-state index contributed by atoms with van der Waals surface area (Å²) >= 11 is 3.10. The van der Waals surface area contributed by atoms with Gasteiger partial charge in [0.1, 0.15) is 11.6 Å². The molecule has 2 nitrogen and oxygen atoms in total. The van der Waals surface area contributed by atoms with Crippen molar-refractivity contribution in [2.75, 3.05) is 5.32 Å². The third-order valence-corrected chi connectivity index (χ3v) is 3.28. The Morgan fingerprint density at radius 2 is 2.00 bits per heavy atom. The van der Waals surface area contributed by atoms with Gasteiger partial charge in [-0.3, -0.25) is 0 Å². The van der Waals surface area contributed by atoms with E-state index in [1.807, 2.05) is 19.1 Å². The van der Waals surface area contributed by atoms with Crippen LogP contribution < -0.4 is 5.32 Å². The van der Waals surface area contributed by atoms with Gasteiger partial charge in [-0.15, -0.1) is 0 Å². The SMILES string of the molecule is Cc1ccc(O)c(CNc2ccc(Br)c(F)c2)c1. The van der Waals surface area contributed by atoms with Crippen molar-refractivity contribution < 1.29 is 9.50 Å². The lowest BCUT2D eigenvalue weighted by atomic mass is 10.1. The minimum Gasteiger partial charge on any atom is -0.508 e. The zero-order valence-corrected chi connectivity index (χ0v) is 11.5. The molecule has 2 aromatic carbocycles. The molecule has 0 amide bonds. The summed E-state index contributed by atoms with van der Waals surface area (Å²) in [5.41, 5.74) is 2.54. The molecule has 0 spiro atoms. The smallest absolute Gasteiger partial charge is 0.139 e. The molecular weight excluding hydrogens is 297 g/mol. The molecule has 0 radical (unpaired) electrons. The normalized spacial score (nSPS) is 10.4. The lowest BCUT2D eigenvalue weighted by Gasteiger charge is -2.09. The number of benzene rings is 2. The molecule has 0 atom stereocenters. The van der Waals surface area contributed by atoms with Crippen LogP contribution in [0.4, 0.5) is 10.1 Å². The van der Waals surface area contributed by atoms with Crippen molar-refractivity contribution in [3.8, 4) is 5.75 Å². The first-order valence-electron chi connectivity index (χ1n) is 5.53. The van der Waals surface area contributed by atoms with Crippen LogP contribution in [0, 0.1) is 12.7 Å². The van der Waals surface area contributed by atoms with Crippen molar-refractivity contribution >= 4 is 21.6 Å². The van der Waals surface area contributed by atoms with Gasteiger partial charge in [-0.05, 0) is 47.1 Å². The fourth-order valence-corrected chi connectivity index (χ4v) is 1.91. The number of hydrogen-bond acceptors (Lipinski definition) is 2. The van der Waals surface area contributed by atoms with Crippen molar-refractivity contribution in [3.63, 3.8) is 0 Å². The third-order valence-electron chi connectivity index (χ3n) is 2.64. The van der Waals surface area contributed by atoms with Crippen molar-refractivity contribution in [3.05, 3.63) is 57.8 Å². The Kier molecular flexibility index (Phi) is 3.87. The summed E-state index contributed by atoms with van der Waals surface area (Å²) < 4.78 is 13.7. The van der Waals surface area contributed by atoms with Gasteiger partial charge in [-0.1, -0.05) is 17.7 Å². The molecule has 0 aliphatic carbocycles. The lowest BCUT2D eigenvalue weighted by Crippen LogP contribution is -2.00. The van der Waals surface area contributed by atoms with E-state index in [9.17, 15) is 9.50 Å². The molecule has 0 aliphatic rings. The van der Waals surface area contributed by atoms with E-state index in [-0.39, 0.29) is 11.6 Å². The molecule has 2 N–H and O–H groups in total. The number of aromatic hydroxyl groups is 1. The number of phenols is 1. The topological polar surface area (TPSA) is 32.3 Å². The minimum atomic E-state index is -0.312. The van der Waals surface area contributed by atoms with Gasteiger partial charge in [0, 0.05) is 17.8 Å². The quantitative estimate of drug-likeness (QED) is 0.890. The first-order valence-corrected chi connectivity index (χ1v) is 6.33. The molecule has 2 rings (SSSR count). The predicted octanol–water partition coefficient (Wildman–Crippen LogP) is 4.21. The first-order chi connectivity index (χ1) is 8.56. The Morgan fingerprint density at radius 1 is 1.22 bits per heavy atom. The number of aryl methyl sites for hydroxylation is 1. The van der Waals surface area contributed by atoms with Crippen LogP contribution in [0.25, 0.3) is 0 Å². The Labute approximate surface area is 114 Å². The van der Waals surface area contributed by atoms with Crippen LogP contribution in [0.5, 0.6) is 5.75 Å². The highest BCUT2D eigenvalue weighted by molar-refractivity contribution is 9.10. The molecule has 94 valence electrons. The average molecular weight is 310 g/mol. The average Bonchev–Trinajstić information content (AvgIpc) is 2.34. The van der Waals surface area contributed by atoms with Crippen LogP contribution in [0.3, 0.4) is 0 Å². The van der Waals surface area contributed by atoms with Crippen molar-refractivity contribution in [2.24, 2.45) is 0 Å². The molecule has 0 fully saturated rings. The zero-order valence-electron chi connectivity index (χ0n) is 9.87. The summed E-state index contributed by atoms with van der Waals surface area (Å²) in [4.78, 5) is 0. The molecule has 0 bridgehead atoms. The van der Waals surface area contributed by atoms with Gasteiger partial charge in [0.15, 0.2) is 0 Å². The van der Waals surface area contributed by atoms with Crippen molar-refractivity contribution in [1.29, 1.82) is 0 Å². The summed E-state index contributed by atoms with van der Waals surface area (Å²) in [5, 5.41) is 12.8. The summed E-state index contributed by atoms with van der Waals surface area (Å²) in [6, 6.07) is 10.2. The Balaban J connectivity index is 2.11. The Bertz CT molecular complexity index is 572. The van der Waals surface area contributed by atoms with Crippen LogP contribution in [0.2, 0.25) is 0 Å². The monoisotopic (exact) mass is 309 g/mol. The van der Waals surface area contributed by atoms with Gasteiger partial charge in [0.2, 0.25) is 0 Å². The molecule has 0 aliphatic heterocycles. The summed E-state index contributed by atoms with van der Waals surface area (Å²) in [7, 11) is 0. The van der Waals surface area contributed by atoms with Crippen LogP contribution in [-0.4, -0.2) is 5.11 Å². The van der Waals surface area contributed by atoms with Crippen LogP contribution in [0.15, 0.2) is 40.9 Å². The summed E-state index contributed by atoms with van der Waals surface area (Å²) in [6.07, 6.45) is 0. The van der Waals surface area contributed by atoms with Gasteiger partial charge < -0.3 is 10.4 Å². The van der Waals surface area contributed by atoms with E-state index in [2.05, 4.69) is 21.2 Å². The molecule has 0 aromatic heterocycles. The number of anilines is 1. The van der Waals surface area contributed by atoms with E-state index in [4.69, 9.17) is 0 Å². The van der Waals surface area contributed by atoms with Crippen LogP contribution >= 0.6 is 15.9 Å². The fraction of sp³-hybridized carbons (Fsp3) is 0.143. The highest BCUT2D eigenvalue weighted by Gasteiger charge is 2.03. The summed E-state index contributed by atoms with van der Waals surface area (Å²) in [6.45, 7) is 2.41. The highest BCUT2D eigenvalue weighted by Crippen LogP contribution is 2.22.